The van der Waals surface area contributed by atoms with Crippen LogP contribution in [-0.4, -0.2) is 5.11 Å². The van der Waals surface area contributed by atoms with Crippen molar-refractivity contribution in [3.63, 3.8) is 0 Å². The van der Waals surface area contributed by atoms with E-state index < -0.39 is 0 Å². The van der Waals surface area contributed by atoms with E-state index in [1.54, 1.807) is 36.4 Å². The zero-order valence-corrected chi connectivity index (χ0v) is 10.3. The lowest BCUT2D eigenvalue weighted by atomic mass is 10.1. The summed E-state index contributed by atoms with van der Waals surface area (Å²) in [5.74, 6) is 0.185. The van der Waals surface area contributed by atoms with Crippen LogP contribution in [0.3, 0.4) is 0 Å². The molecule has 0 radical (unpaired) electrons. The maximum absolute atomic E-state index is 9.19. The molecule has 84 valence electrons. The molecule has 2 nitrogen and oxygen atoms in total. The van der Waals surface area contributed by atoms with Crippen molar-refractivity contribution in [3.8, 4) is 11.8 Å². The van der Waals surface area contributed by atoms with Crippen molar-refractivity contribution in [2.45, 2.75) is 0 Å². The fourth-order valence-electron chi connectivity index (χ4n) is 1.37. The van der Waals surface area contributed by atoms with Gasteiger partial charge < -0.3 is 5.11 Å². The van der Waals surface area contributed by atoms with Gasteiger partial charge >= 0.3 is 0 Å². The number of phenols is 1. The first-order valence-electron chi connectivity index (χ1n) is 4.85. The molecule has 0 spiro atoms. The molecule has 0 aliphatic rings. The van der Waals surface area contributed by atoms with Crippen LogP contribution < -0.4 is 0 Å². The van der Waals surface area contributed by atoms with Crippen molar-refractivity contribution < 1.29 is 5.11 Å². The van der Waals surface area contributed by atoms with E-state index in [2.05, 4.69) is 6.07 Å². The Morgan fingerprint density at radius 3 is 2.47 bits per heavy atom. The van der Waals surface area contributed by atoms with Crippen LogP contribution >= 0.6 is 22.9 Å². The minimum atomic E-state index is 0.185. The SMILES string of the molecule is N#C/C(=C\c1ccc(Cl)s1)c1ccc(O)cc1. The maximum Gasteiger partial charge on any atom is 0.115 e. The van der Waals surface area contributed by atoms with Crippen LogP contribution in [-0.2, 0) is 0 Å². The number of benzene rings is 1. The van der Waals surface area contributed by atoms with Gasteiger partial charge in [0, 0.05) is 4.88 Å². The zero-order chi connectivity index (χ0) is 12.3. The molecule has 0 atom stereocenters. The lowest BCUT2D eigenvalue weighted by Gasteiger charge is -1.98. The Labute approximate surface area is 108 Å². The van der Waals surface area contributed by atoms with Crippen molar-refractivity contribution in [2.75, 3.05) is 0 Å². The average Bonchev–Trinajstić information content (AvgIpc) is 2.73. The van der Waals surface area contributed by atoms with Gasteiger partial charge in [0.2, 0.25) is 0 Å². The molecule has 1 heterocycles. The summed E-state index contributed by atoms with van der Waals surface area (Å²) < 4.78 is 0.694. The van der Waals surface area contributed by atoms with Gasteiger partial charge in [-0.2, -0.15) is 5.26 Å². The highest BCUT2D eigenvalue weighted by Gasteiger charge is 2.02. The van der Waals surface area contributed by atoms with Gasteiger partial charge in [-0.25, -0.2) is 0 Å². The molecule has 1 aromatic carbocycles. The first-order valence-corrected chi connectivity index (χ1v) is 6.05. The standard InChI is InChI=1S/C13H8ClNOS/c14-13-6-5-12(17-13)7-10(8-15)9-1-3-11(16)4-2-9/h1-7,16H/b10-7+. The topological polar surface area (TPSA) is 44.0 Å². The molecule has 17 heavy (non-hydrogen) atoms. The van der Waals surface area contributed by atoms with E-state index in [0.29, 0.717) is 9.91 Å². The molecule has 0 saturated carbocycles. The first-order chi connectivity index (χ1) is 8.19. The molecule has 0 unspecified atom stereocenters. The second-order valence-electron chi connectivity index (χ2n) is 3.36. The number of nitrogens with zero attached hydrogens (tertiary/aromatic N) is 1. The van der Waals surface area contributed by atoms with Crippen molar-refractivity contribution >= 4 is 34.6 Å². The Bertz CT molecular complexity index is 593. The molecule has 0 bridgehead atoms. The molecule has 2 aromatic rings. The number of aromatic hydroxyl groups is 1. The summed E-state index contributed by atoms with van der Waals surface area (Å²) in [6.07, 6.45) is 1.78. The third-order valence-electron chi connectivity index (χ3n) is 2.18. The van der Waals surface area contributed by atoms with Gasteiger partial charge in [-0.3, -0.25) is 0 Å². The Balaban J connectivity index is 2.37. The monoisotopic (exact) mass is 261 g/mol. The summed E-state index contributed by atoms with van der Waals surface area (Å²) >= 11 is 7.24. The quantitative estimate of drug-likeness (QED) is 0.825. The summed E-state index contributed by atoms with van der Waals surface area (Å²) in [5.41, 5.74) is 1.32. The second-order valence-corrected chi connectivity index (χ2v) is 5.11. The third-order valence-corrected chi connectivity index (χ3v) is 3.36. The number of rotatable bonds is 2. The molecule has 2 rings (SSSR count). The van der Waals surface area contributed by atoms with E-state index in [1.165, 1.54) is 11.3 Å². The van der Waals surface area contributed by atoms with Crippen molar-refractivity contribution in [1.29, 1.82) is 5.26 Å². The number of nitriles is 1. The van der Waals surface area contributed by atoms with E-state index in [9.17, 15) is 5.11 Å². The zero-order valence-electron chi connectivity index (χ0n) is 8.72. The number of thiophene rings is 1. The van der Waals surface area contributed by atoms with Gasteiger partial charge in [-0.05, 0) is 48.0 Å². The maximum atomic E-state index is 9.19. The van der Waals surface area contributed by atoms with Crippen molar-refractivity contribution in [1.82, 2.24) is 0 Å². The highest BCUT2D eigenvalue weighted by atomic mass is 35.5. The Morgan fingerprint density at radius 2 is 1.94 bits per heavy atom. The third kappa shape index (κ3) is 2.88. The number of hydrogen-bond acceptors (Lipinski definition) is 3. The molecular formula is C13H8ClNOS. The summed E-state index contributed by atoms with van der Waals surface area (Å²) in [5, 5.41) is 18.3. The lowest BCUT2D eigenvalue weighted by Crippen LogP contribution is -1.79. The number of halogens is 1. The Kier molecular flexibility index (Phi) is 3.48. The summed E-state index contributed by atoms with van der Waals surface area (Å²) in [6, 6.07) is 12.3. The largest absolute Gasteiger partial charge is 0.508 e. The van der Waals surface area contributed by atoms with Crippen LogP contribution in [0.4, 0.5) is 0 Å². The van der Waals surface area contributed by atoms with Gasteiger partial charge in [0.15, 0.2) is 0 Å². The van der Waals surface area contributed by atoms with Gasteiger partial charge in [-0.15, -0.1) is 11.3 Å². The summed E-state index contributed by atoms with van der Waals surface area (Å²) in [7, 11) is 0. The molecule has 0 aliphatic heterocycles. The van der Waals surface area contributed by atoms with E-state index >= 15 is 0 Å². The first kappa shape index (κ1) is 11.7. The fraction of sp³-hybridized carbons (Fsp3) is 0. The second kappa shape index (κ2) is 5.05. The number of hydrogen-bond donors (Lipinski definition) is 1. The van der Waals surface area contributed by atoms with E-state index in [0.717, 1.165) is 10.4 Å². The average molecular weight is 262 g/mol. The van der Waals surface area contributed by atoms with Crippen LogP contribution in [0.15, 0.2) is 36.4 Å². The van der Waals surface area contributed by atoms with Gasteiger partial charge in [0.1, 0.15) is 5.75 Å². The smallest absolute Gasteiger partial charge is 0.115 e. The van der Waals surface area contributed by atoms with Crippen LogP contribution in [0.5, 0.6) is 5.75 Å². The van der Waals surface area contributed by atoms with Crippen LogP contribution in [0.25, 0.3) is 11.6 Å². The van der Waals surface area contributed by atoms with Crippen LogP contribution in [0.2, 0.25) is 4.34 Å². The fourth-order valence-corrected chi connectivity index (χ4v) is 2.37. The van der Waals surface area contributed by atoms with Gasteiger partial charge in [0.05, 0.1) is 16.0 Å². The van der Waals surface area contributed by atoms with Crippen LogP contribution in [0, 0.1) is 11.3 Å². The molecule has 0 saturated heterocycles. The lowest BCUT2D eigenvalue weighted by molar-refractivity contribution is 0.475. The summed E-state index contributed by atoms with van der Waals surface area (Å²) in [6.45, 7) is 0. The molecular weight excluding hydrogens is 254 g/mol. The molecule has 1 aromatic heterocycles. The molecule has 1 N–H and O–H groups in total. The van der Waals surface area contributed by atoms with Gasteiger partial charge in [0.25, 0.3) is 0 Å². The van der Waals surface area contributed by atoms with Crippen LogP contribution in [0.1, 0.15) is 10.4 Å². The van der Waals surface area contributed by atoms with Gasteiger partial charge in [-0.1, -0.05) is 11.6 Å². The van der Waals surface area contributed by atoms with E-state index in [1.807, 2.05) is 6.07 Å². The minimum Gasteiger partial charge on any atom is -0.508 e. The predicted molar refractivity (Wildman–Crippen MR) is 70.9 cm³/mol. The van der Waals surface area contributed by atoms with E-state index in [-0.39, 0.29) is 5.75 Å². The molecule has 0 fully saturated rings. The highest BCUT2D eigenvalue weighted by Crippen LogP contribution is 2.26. The predicted octanol–water partition coefficient (Wildman–Crippen LogP) is 4.17. The normalized spacial score (nSPS) is 11.2. The minimum absolute atomic E-state index is 0.185. The highest BCUT2D eigenvalue weighted by molar-refractivity contribution is 7.17. The Hall–Kier alpha value is -1.76. The molecule has 0 aliphatic carbocycles. The number of phenolic OH excluding ortho intramolecular Hbond substituents is 1. The van der Waals surface area contributed by atoms with E-state index in [4.69, 9.17) is 16.9 Å². The molecule has 0 amide bonds. The number of allylic oxidation sites excluding steroid dienone is 1. The Morgan fingerprint density at radius 1 is 1.24 bits per heavy atom. The molecule has 4 heteroatoms. The van der Waals surface area contributed by atoms with Crippen molar-refractivity contribution in [3.05, 3.63) is 51.2 Å². The summed E-state index contributed by atoms with van der Waals surface area (Å²) in [4.78, 5) is 0.930. The van der Waals surface area contributed by atoms with Crippen molar-refractivity contribution in [2.24, 2.45) is 0 Å².